The maximum absolute atomic E-state index is 12.3. The van der Waals surface area contributed by atoms with Crippen LogP contribution in [0, 0.1) is 5.92 Å². The first-order chi connectivity index (χ1) is 11.7. The lowest BCUT2D eigenvalue weighted by Gasteiger charge is -2.25. The fourth-order valence-corrected chi connectivity index (χ4v) is 3.03. The van der Waals surface area contributed by atoms with Gasteiger partial charge in [-0.25, -0.2) is 0 Å². The van der Waals surface area contributed by atoms with Crippen molar-refractivity contribution in [3.8, 4) is 11.5 Å². The molecule has 1 aliphatic carbocycles. The number of rotatable bonds is 5. The molecule has 1 amide bonds. The van der Waals surface area contributed by atoms with E-state index in [1.165, 1.54) is 0 Å². The van der Waals surface area contributed by atoms with Crippen LogP contribution >= 0.6 is 0 Å². The third-order valence-electron chi connectivity index (χ3n) is 4.29. The number of nitrogens with one attached hydrogen (secondary N) is 1. The van der Waals surface area contributed by atoms with Gasteiger partial charge in [-0.05, 0) is 55.5 Å². The number of aliphatic hydroxyl groups excluding tert-OH is 1. The minimum absolute atomic E-state index is 0.116. The average Bonchev–Trinajstić information content (AvgIpc) is 2.61. The third kappa shape index (κ3) is 4.55. The third-order valence-corrected chi connectivity index (χ3v) is 4.29. The summed E-state index contributed by atoms with van der Waals surface area (Å²) >= 11 is 0. The quantitative estimate of drug-likeness (QED) is 0.885. The predicted molar refractivity (Wildman–Crippen MR) is 91.1 cm³/mol. The molecule has 0 aliphatic heterocycles. The van der Waals surface area contributed by atoms with Crippen molar-refractivity contribution in [3.05, 3.63) is 54.4 Å². The molecule has 1 heterocycles. The van der Waals surface area contributed by atoms with Gasteiger partial charge in [-0.15, -0.1) is 0 Å². The topological polar surface area (TPSA) is 71.5 Å². The first kappa shape index (κ1) is 16.5. The first-order valence-corrected chi connectivity index (χ1v) is 8.35. The van der Waals surface area contributed by atoms with Gasteiger partial charge in [0.25, 0.3) is 5.91 Å². The van der Waals surface area contributed by atoms with Crippen LogP contribution in [0.3, 0.4) is 0 Å². The first-order valence-electron chi connectivity index (χ1n) is 8.35. The van der Waals surface area contributed by atoms with Gasteiger partial charge in [-0.2, -0.15) is 0 Å². The van der Waals surface area contributed by atoms with Gasteiger partial charge >= 0.3 is 0 Å². The highest BCUT2D eigenvalue weighted by molar-refractivity contribution is 5.94. The van der Waals surface area contributed by atoms with Crippen LogP contribution in [-0.2, 0) is 0 Å². The van der Waals surface area contributed by atoms with Gasteiger partial charge in [-0.3, -0.25) is 9.78 Å². The molecule has 1 aromatic carbocycles. The SMILES string of the molecule is O=C(NCC1CCCC(O)C1)c1cccc(Oc2ccncc2)c1. The van der Waals surface area contributed by atoms with E-state index in [-0.39, 0.29) is 12.0 Å². The second-order valence-corrected chi connectivity index (χ2v) is 6.21. The molecule has 24 heavy (non-hydrogen) atoms. The lowest BCUT2D eigenvalue weighted by atomic mass is 9.87. The van der Waals surface area contributed by atoms with Crippen molar-refractivity contribution in [2.75, 3.05) is 6.54 Å². The van der Waals surface area contributed by atoms with Crippen LogP contribution in [0.5, 0.6) is 11.5 Å². The minimum atomic E-state index is -0.224. The van der Waals surface area contributed by atoms with Crippen LogP contribution in [0.4, 0.5) is 0 Å². The zero-order valence-electron chi connectivity index (χ0n) is 13.5. The average molecular weight is 326 g/mol. The van der Waals surface area contributed by atoms with Crippen LogP contribution < -0.4 is 10.1 Å². The van der Waals surface area contributed by atoms with Gasteiger partial charge in [0.1, 0.15) is 11.5 Å². The number of amides is 1. The molecule has 5 nitrogen and oxygen atoms in total. The van der Waals surface area contributed by atoms with Gasteiger partial charge < -0.3 is 15.2 Å². The zero-order chi connectivity index (χ0) is 16.8. The van der Waals surface area contributed by atoms with Crippen molar-refractivity contribution < 1.29 is 14.6 Å². The van der Waals surface area contributed by atoms with Crippen LogP contribution in [-0.4, -0.2) is 28.6 Å². The van der Waals surface area contributed by atoms with E-state index in [0.29, 0.717) is 29.5 Å². The van der Waals surface area contributed by atoms with Crippen molar-refractivity contribution in [1.29, 1.82) is 0 Å². The van der Waals surface area contributed by atoms with Gasteiger partial charge in [-0.1, -0.05) is 12.5 Å². The minimum Gasteiger partial charge on any atom is -0.457 e. The standard InChI is InChI=1S/C19H22N2O3/c22-16-5-1-3-14(11-16)13-21-19(23)15-4-2-6-18(12-15)24-17-7-9-20-10-8-17/h2,4,6-10,12,14,16,22H,1,3,5,11,13H2,(H,21,23). The van der Waals surface area contributed by atoms with E-state index in [4.69, 9.17) is 4.74 Å². The highest BCUT2D eigenvalue weighted by atomic mass is 16.5. The molecule has 2 N–H and O–H groups in total. The molecule has 0 spiro atoms. The zero-order valence-corrected chi connectivity index (χ0v) is 13.5. The summed E-state index contributed by atoms with van der Waals surface area (Å²) < 4.78 is 5.72. The van der Waals surface area contributed by atoms with Crippen molar-refractivity contribution in [1.82, 2.24) is 10.3 Å². The summed E-state index contributed by atoms with van der Waals surface area (Å²) in [5.41, 5.74) is 0.568. The van der Waals surface area contributed by atoms with Gasteiger partial charge in [0.05, 0.1) is 6.10 Å². The maximum atomic E-state index is 12.3. The number of benzene rings is 1. The Kier molecular flexibility index (Phi) is 5.43. The molecule has 0 bridgehead atoms. The summed E-state index contributed by atoms with van der Waals surface area (Å²) in [4.78, 5) is 16.3. The normalized spacial score (nSPS) is 20.4. The van der Waals surface area contributed by atoms with Crippen molar-refractivity contribution in [3.63, 3.8) is 0 Å². The molecule has 126 valence electrons. The van der Waals surface area contributed by atoms with Crippen molar-refractivity contribution in [2.45, 2.75) is 31.8 Å². The molecule has 1 fully saturated rings. The summed E-state index contributed by atoms with van der Waals surface area (Å²) in [5.74, 6) is 1.53. The number of nitrogens with zero attached hydrogens (tertiary/aromatic N) is 1. The molecule has 2 aromatic rings. The van der Waals surface area contributed by atoms with E-state index in [1.54, 1.807) is 42.7 Å². The number of hydrogen-bond acceptors (Lipinski definition) is 4. The molecule has 5 heteroatoms. The Morgan fingerprint density at radius 2 is 2.04 bits per heavy atom. The summed E-state index contributed by atoms with van der Waals surface area (Å²) in [5, 5.41) is 12.7. The Balaban J connectivity index is 1.57. The molecule has 1 aromatic heterocycles. The molecule has 0 radical (unpaired) electrons. The summed E-state index contributed by atoms with van der Waals surface area (Å²) in [7, 11) is 0. The molecule has 1 aliphatic rings. The Morgan fingerprint density at radius 1 is 1.21 bits per heavy atom. The van der Waals surface area contributed by atoms with Crippen molar-refractivity contribution >= 4 is 5.91 Å². The van der Waals surface area contributed by atoms with Crippen LogP contribution in [0.15, 0.2) is 48.8 Å². The number of aliphatic hydroxyl groups is 1. The fraction of sp³-hybridized carbons (Fsp3) is 0.368. The second kappa shape index (κ2) is 7.93. The van der Waals surface area contributed by atoms with Gasteiger partial charge in [0.2, 0.25) is 0 Å². The lowest BCUT2D eigenvalue weighted by molar-refractivity contribution is 0.0873. The smallest absolute Gasteiger partial charge is 0.251 e. The number of hydrogen-bond donors (Lipinski definition) is 2. The molecule has 1 saturated carbocycles. The number of ether oxygens (including phenoxy) is 1. The summed E-state index contributed by atoms with van der Waals surface area (Å²) in [6, 6.07) is 10.6. The summed E-state index contributed by atoms with van der Waals surface area (Å²) in [6.07, 6.45) is 6.82. The van der Waals surface area contributed by atoms with Gasteiger partial charge in [0.15, 0.2) is 0 Å². The van der Waals surface area contributed by atoms with E-state index >= 15 is 0 Å². The lowest BCUT2D eigenvalue weighted by Crippen LogP contribution is -2.32. The van der Waals surface area contributed by atoms with Crippen molar-refractivity contribution in [2.24, 2.45) is 5.92 Å². The molecular weight excluding hydrogens is 304 g/mol. The number of pyridine rings is 1. The molecular formula is C19H22N2O3. The van der Waals surface area contributed by atoms with Gasteiger partial charge in [0, 0.05) is 24.5 Å². The van der Waals surface area contributed by atoms with E-state index in [1.807, 2.05) is 6.07 Å². The fourth-order valence-electron chi connectivity index (χ4n) is 3.03. The van der Waals surface area contributed by atoms with E-state index in [0.717, 1.165) is 25.7 Å². The number of carbonyl (C=O) groups excluding carboxylic acids is 1. The van der Waals surface area contributed by atoms with E-state index in [2.05, 4.69) is 10.3 Å². The summed E-state index contributed by atoms with van der Waals surface area (Å²) in [6.45, 7) is 0.603. The van der Waals surface area contributed by atoms with E-state index < -0.39 is 0 Å². The Hall–Kier alpha value is -2.40. The molecule has 3 rings (SSSR count). The van der Waals surface area contributed by atoms with Crippen LogP contribution in [0.1, 0.15) is 36.0 Å². The largest absolute Gasteiger partial charge is 0.457 e. The van der Waals surface area contributed by atoms with Crippen LogP contribution in [0.2, 0.25) is 0 Å². The maximum Gasteiger partial charge on any atom is 0.251 e. The highest BCUT2D eigenvalue weighted by Crippen LogP contribution is 2.24. The predicted octanol–water partition coefficient (Wildman–Crippen LogP) is 3.15. The Morgan fingerprint density at radius 3 is 2.83 bits per heavy atom. The Labute approximate surface area is 141 Å². The highest BCUT2D eigenvalue weighted by Gasteiger charge is 2.20. The number of carbonyl (C=O) groups is 1. The molecule has 2 atom stereocenters. The monoisotopic (exact) mass is 326 g/mol. The van der Waals surface area contributed by atoms with E-state index in [9.17, 15) is 9.90 Å². The second-order valence-electron chi connectivity index (χ2n) is 6.21. The molecule has 2 unspecified atom stereocenters. The molecule has 0 saturated heterocycles. The Bertz CT molecular complexity index is 675. The number of aromatic nitrogens is 1. The van der Waals surface area contributed by atoms with Crippen LogP contribution in [0.25, 0.3) is 0 Å².